The largest absolute Gasteiger partial charge is 0.493 e. The lowest BCUT2D eigenvalue weighted by Crippen LogP contribution is -2.38. The normalized spacial score (nSPS) is 16.7. The maximum absolute atomic E-state index is 11.7. The SMILES string of the molecule is CCNC(=NCc1ccccc1OCC1CC1)NCCCC(=O)NC1CC1. The molecule has 0 atom stereocenters. The summed E-state index contributed by atoms with van der Waals surface area (Å²) in [6, 6.07) is 8.55. The maximum atomic E-state index is 11.7. The van der Waals surface area contributed by atoms with Gasteiger partial charge in [0, 0.05) is 31.1 Å². The second-order valence-electron chi connectivity index (χ2n) is 7.43. The molecular weight excluding hydrogens is 340 g/mol. The molecule has 1 amide bonds. The summed E-state index contributed by atoms with van der Waals surface area (Å²) >= 11 is 0. The van der Waals surface area contributed by atoms with Gasteiger partial charge in [0.05, 0.1) is 13.2 Å². The first-order valence-corrected chi connectivity index (χ1v) is 10.3. The van der Waals surface area contributed by atoms with Crippen LogP contribution in [0.4, 0.5) is 0 Å². The molecular formula is C21H32N4O2. The van der Waals surface area contributed by atoms with Crippen molar-refractivity contribution in [3.8, 4) is 5.75 Å². The number of carbonyl (C=O) groups excluding carboxylic acids is 1. The van der Waals surface area contributed by atoms with E-state index in [2.05, 4.69) is 27.0 Å². The highest BCUT2D eigenvalue weighted by atomic mass is 16.5. The number of guanidine groups is 1. The number of benzene rings is 1. The van der Waals surface area contributed by atoms with Crippen molar-refractivity contribution in [1.29, 1.82) is 0 Å². The van der Waals surface area contributed by atoms with Crippen LogP contribution in [0.3, 0.4) is 0 Å². The van der Waals surface area contributed by atoms with Crippen LogP contribution in [0.15, 0.2) is 29.3 Å². The molecule has 1 aromatic rings. The Morgan fingerprint density at radius 1 is 1.19 bits per heavy atom. The lowest BCUT2D eigenvalue weighted by molar-refractivity contribution is -0.121. The van der Waals surface area contributed by atoms with E-state index in [0.717, 1.165) is 62.1 Å². The molecule has 27 heavy (non-hydrogen) atoms. The molecule has 0 heterocycles. The smallest absolute Gasteiger partial charge is 0.220 e. The van der Waals surface area contributed by atoms with E-state index in [1.165, 1.54) is 12.8 Å². The average Bonchev–Trinajstić information content (AvgIpc) is 3.58. The topological polar surface area (TPSA) is 74.8 Å². The van der Waals surface area contributed by atoms with Crippen LogP contribution in [-0.4, -0.2) is 37.6 Å². The van der Waals surface area contributed by atoms with E-state index in [1.807, 2.05) is 25.1 Å². The van der Waals surface area contributed by atoms with Crippen molar-refractivity contribution in [2.75, 3.05) is 19.7 Å². The van der Waals surface area contributed by atoms with E-state index in [-0.39, 0.29) is 5.91 Å². The molecule has 0 aromatic heterocycles. The number of hydrogen-bond acceptors (Lipinski definition) is 3. The van der Waals surface area contributed by atoms with Crippen LogP contribution in [-0.2, 0) is 11.3 Å². The molecule has 3 N–H and O–H groups in total. The zero-order valence-electron chi connectivity index (χ0n) is 16.3. The minimum absolute atomic E-state index is 0.156. The molecule has 3 rings (SSSR count). The molecule has 0 spiro atoms. The first kappa shape index (κ1) is 19.5. The standard InChI is InChI=1S/C21H32N4O2/c1-2-22-21(23-13-5-8-20(26)25-18-11-12-18)24-14-17-6-3-4-7-19(17)27-15-16-9-10-16/h3-4,6-7,16,18H,2,5,8-15H2,1H3,(H,25,26)(H2,22,23,24). The van der Waals surface area contributed by atoms with E-state index in [4.69, 9.17) is 4.74 Å². The first-order valence-electron chi connectivity index (χ1n) is 10.3. The van der Waals surface area contributed by atoms with E-state index in [0.29, 0.717) is 19.0 Å². The van der Waals surface area contributed by atoms with E-state index >= 15 is 0 Å². The Morgan fingerprint density at radius 2 is 2.00 bits per heavy atom. The molecule has 2 aliphatic carbocycles. The summed E-state index contributed by atoms with van der Waals surface area (Å²) < 4.78 is 5.96. The fraction of sp³-hybridized carbons (Fsp3) is 0.619. The Labute approximate surface area is 162 Å². The number of nitrogens with zero attached hydrogens (tertiary/aromatic N) is 1. The summed E-state index contributed by atoms with van der Waals surface area (Å²) in [7, 11) is 0. The number of hydrogen-bond donors (Lipinski definition) is 3. The van der Waals surface area contributed by atoms with Gasteiger partial charge in [-0.1, -0.05) is 18.2 Å². The summed E-state index contributed by atoms with van der Waals surface area (Å²) in [5.74, 6) is 2.60. The van der Waals surface area contributed by atoms with Gasteiger partial charge in [0.2, 0.25) is 5.91 Å². The maximum Gasteiger partial charge on any atom is 0.220 e. The molecule has 0 radical (unpaired) electrons. The van der Waals surface area contributed by atoms with Gasteiger partial charge in [-0.25, -0.2) is 4.99 Å². The van der Waals surface area contributed by atoms with Gasteiger partial charge < -0.3 is 20.7 Å². The molecule has 0 saturated heterocycles. The van der Waals surface area contributed by atoms with Gasteiger partial charge >= 0.3 is 0 Å². The Morgan fingerprint density at radius 3 is 2.74 bits per heavy atom. The fourth-order valence-corrected chi connectivity index (χ4v) is 2.76. The molecule has 2 saturated carbocycles. The lowest BCUT2D eigenvalue weighted by Gasteiger charge is -2.13. The number of ether oxygens (including phenoxy) is 1. The predicted molar refractivity (Wildman–Crippen MR) is 108 cm³/mol. The Balaban J connectivity index is 1.44. The second kappa shape index (κ2) is 10.2. The van der Waals surface area contributed by atoms with Crippen molar-refractivity contribution in [2.24, 2.45) is 10.9 Å². The number of nitrogens with one attached hydrogen (secondary N) is 3. The van der Waals surface area contributed by atoms with Gasteiger partial charge in [0.25, 0.3) is 0 Å². The van der Waals surface area contributed by atoms with Crippen molar-refractivity contribution in [3.63, 3.8) is 0 Å². The molecule has 148 valence electrons. The summed E-state index contributed by atoms with van der Waals surface area (Å²) in [6.45, 7) is 4.95. The van der Waals surface area contributed by atoms with Gasteiger partial charge in [-0.15, -0.1) is 0 Å². The molecule has 0 aliphatic heterocycles. The highest BCUT2D eigenvalue weighted by Crippen LogP contribution is 2.30. The Hall–Kier alpha value is -2.24. The van der Waals surface area contributed by atoms with Gasteiger partial charge in [0.1, 0.15) is 5.75 Å². The number of rotatable bonds is 11. The number of carbonyl (C=O) groups is 1. The lowest BCUT2D eigenvalue weighted by atomic mass is 10.2. The fourth-order valence-electron chi connectivity index (χ4n) is 2.76. The quantitative estimate of drug-likeness (QED) is 0.317. The van der Waals surface area contributed by atoms with Crippen molar-refractivity contribution in [2.45, 2.75) is 58.0 Å². The number of aliphatic imine (C=N–C) groups is 1. The van der Waals surface area contributed by atoms with Crippen LogP contribution < -0.4 is 20.7 Å². The van der Waals surface area contributed by atoms with Crippen LogP contribution in [0.1, 0.15) is 51.0 Å². The molecule has 1 aromatic carbocycles. The Kier molecular flexibility index (Phi) is 7.36. The van der Waals surface area contributed by atoms with E-state index in [9.17, 15) is 4.79 Å². The summed E-state index contributed by atoms with van der Waals surface area (Å²) in [4.78, 5) is 16.4. The third kappa shape index (κ3) is 7.49. The molecule has 0 unspecified atom stereocenters. The zero-order chi connectivity index (χ0) is 18.9. The Bertz CT molecular complexity index is 639. The van der Waals surface area contributed by atoms with Crippen molar-refractivity contribution in [1.82, 2.24) is 16.0 Å². The van der Waals surface area contributed by atoms with Gasteiger partial charge in [0.15, 0.2) is 5.96 Å². The monoisotopic (exact) mass is 372 g/mol. The third-order valence-electron chi connectivity index (χ3n) is 4.71. The second-order valence-corrected chi connectivity index (χ2v) is 7.43. The van der Waals surface area contributed by atoms with Crippen LogP contribution in [0, 0.1) is 5.92 Å². The average molecular weight is 373 g/mol. The highest BCUT2D eigenvalue weighted by Gasteiger charge is 2.23. The van der Waals surface area contributed by atoms with Gasteiger partial charge in [-0.3, -0.25) is 4.79 Å². The zero-order valence-corrected chi connectivity index (χ0v) is 16.3. The predicted octanol–water partition coefficient (Wildman–Crippen LogP) is 2.59. The van der Waals surface area contributed by atoms with Crippen LogP contribution in [0.5, 0.6) is 5.75 Å². The van der Waals surface area contributed by atoms with E-state index < -0.39 is 0 Å². The minimum atomic E-state index is 0.156. The van der Waals surface area contributed by atoms with Gasteiger partial charge in [-0.2, -0.15) is 0 Å². The van der Waals surface area contributed by atoms with Crippen molar-refractivity contribution >= 4 is 11.9 Å². The van der Waals surface area contributed by atoms with Crippen LogP contribution >= 0.6 is 0 Å². The number of para-hydroxylation sites is 1. The summed E-state index contributed by atoms with van der Waals surface area (Å²) in [5.41, 5.74) is 1.10. The van der Waals surface area contributed by atoms with E-state index in [1.54, 1.807) is 0 Å². The summed E-state index contributed by atoms with van der Waals surface area (Å²) in [6.07, 6.45) is 6.19. The molecule has 2 fully saturated rings. The number of amides is 1. The first-order chi connectivity index (χ1) is 13.2. The molecule has 6 nitrogen and oxygen atoms in total. The van der Waals surface area contributed by atoms with Crippen molar-refractivity contribution < 1.29 is 9.53 Å². The highest BCUT2D eigenvalue weighted by molar-refractivity contribution is 5.80. The van der Waals surface area contributed by atoms with Crippen LogP contribution in [0.25, 0.3) is 0 Å². The summed E-state index contributed by atoms with van der Waals surface area (Å²) in [5, 5.41) is 9.59. The molecule has 6 heteroatoms. The van der Waals surface area contributed by atoms with Gasteiger partial charge in [-0.05, 0) is 51.0 Å². The third-order valence-corrected chi connectivity index (χ3v) is 4.71. The molecule has 0 bridgehead atoms. The van der Waals surface area contributed by atoms with Crippen LogP contribution in [0.2, 0.25) is 0 Å². The minimum Gasteiger partial charge on any atom is -0.493 e. The van der Waals surface area contributed by atoms with Crippen molar-refractivity contribution in [3.05, 3.63) is 29.8 Å². The molecule has 2 aliphatic rings.